The molecular formula is C16H29O8P. The largest absolute Gasteiger partial charge is 0.475 e. The fraction of sp³-hybridized carbons (Fsp3) is 1.00. The predicted molar refractivity (Wildman–Crippen MR) is 88.5 cm³/mol. The van der Waals surface area contributed by atoms with E-state index in [1.165, 1.54) is 0 Å². The Balaban J connectivity index is 1.64. The van der Waals surface area contributed by atoms with Crippen molar-refractivity contribution in [3.8, 4) is 0 Å². The number of hydrogen-bond donors (Lipinski definition) is 0. The van der Waals surface area contributed by atoms with Crippen molar-refractivity contribution in [3.05, 3.63) is 0 Å². The van der Waals surface area contributed by atoms with E-state index < -0.39 is 7.82 Å². The first-order valence-electron chi connectivity index (χ1n) is 8.88. The summed E-state index contributed by atoms with van der Waals surface area (Å²) in [4.78, 5) is 0. The van der Waals surface area contributed by atoms with Crippen molar-refractivity contribution in [1.82, 2.24) is 0 Å². The van der Waals surface area contributed by atoms with E-state index in [0.29, 0.717) is 26.1 Å². The highest BCUT2D eigenvalue weighted by molar-refractivity contribution is 7.48. The lowest BCUT2D eigenvalue weighted by atomic mass is 10.0. The van der Waals surface area contributed by atoms with Crippen molar-refractivity contribution in [2.75, 3.05) is 27.4 Å². The lowest BCUT2D eigenvalue weighted by Crippen LogP contribution is -2.40. The van der Waals surface area contributed by atoms with Crippen LogP contribution in [0.1, 0.15) is 33.1 Å². The second kappa shape index (κ2) is 8.31. The zero-order chi connectivity index (χ0) is 18.0. The molecule has 0 aromatic heterocycles. The van der Waals surface area contributed by atoms with E-state index in [1.807, 2.05) is 13.8 Å². The van der Waals surface area contributed by atoms with Crippen molar-refractivity contribution in [2.45, 2.75) is 75.8 Å². The molecule has 0 amide bonds. The third-order valence-electron chi connectivity index (χ3n) is 4.89. The molecule has 3 heterocycles. The molecule has 0 aromatic carbocycles. The van der Waals surface area contributed by atoms with E-state index in [1.54, 1.807) is 14.2 Å². The molecule has 0 aliphatic carbocycles. The minimum Gasteiger partial charge on any atom is -0.382 e. The Kier molecular flexibility index (Phi) is 6.55. The van der Waals surface area contributed by atoms with Crippen LogP contribution in [0.3, 0.4) is 0 Å². The summed E-state index contributed by atoms with van der Waals surface area (Å²) in [5.74, 6) is 0. The molecule has 0 unspecified atom stereocenters. The number of phosphoric ester groups is 1. The van der Waals surface area contributed by atoms with Crippen molar-refractivity contribution in [1.29, 1.82) is 0 Å². The third kappa shape index (κ3) is 4.62. The lowest BCUT2D eigenvalue weighted by Gasteiger charge is -2.34. The first kappa shape index (κ1) is 19.7. The molecule has 0 spiro atoms. The van der Waals surface area contributed by atoms with E-state index in [4.69, 9.17) is 32.5 Å². The van der Waals surface area contributed by atoms with E-state index >= 15 is 0 Å². The van der Waals surface area contributed by atoms with E-state index in [0.717, 1.165) is 6.42 Å². The fourth-order valence-corrected chi connectivity index (χ4v) is 5.36. The summed E-state index contributed by atoms with van der Waals surface area (Å²) in [6, 6.07) is 0. The average molecular weight is 380 g/mol. The SMILES string of the molecule is COC[C@H]1O[C@@H](C)C[C@@H]1O[P@]1(=O)OCC[C@H]([C@H]2O[C@@H](C)C[C@@H]2OC)O1. The van der Waals surface area contributed by atoms with Crippen LogP contribution >= 0.6 is 7.82 Å². The molecule has 146 valence electrons. The number of methoxy groups -OCH3 is 2. The molecule has 0 N–H and O–H groups in total. The van der Waals surface area contributed by atoms with Crippen LogP contribution < -0.4 is 0 Å². The number of hydrogen-bond acceptors (Lipinski definition) is 8. The molecule has 8 nitrogen and oxygen atoms in total. The molecule has 3 fully saturated rings. The molecule has 3 saturated heterocycles. The maximum absolute atomic E-state index is 13.0. The van der Waals surface area contributed by atoms with Gasteiger partial charge < -0.3 is 18.9 Å². The number of phosphoric acid groups is 1. The Labute approximate surface area is 149 Å². The highest BCUT2D eigenvalue weighted by atomic mass is 31.2. The highest BCUT2D eigenvalue weighted by Gasteiger charge is 2.48. The number of ether oxygens (including phenoxy) is 4. The topological polar surface area (TPSA) is 81.7 Å². The van der Waals surface area contributed by atoms with Crippen LogP contribution in [0.5, 0.6) is 0 Å². The smallest absolute Gasteiger partial charge is 0.382 e. The quantitative estimate of drug-likeness (QED) is 0.650. The minimum absolute atomic E-state index is 0.00854. The molecule has 25 heavy (non-hydrogen) atoms. The maximum atomic E-state index is 13.0. The maximum Gasteiger partial charge on any atom is 0.475 e. The van der Waals surface area contributed by atoms with Crippen molar-refractivity contribution in [2.24, 2.45) is 0 Å². The third-order valence-corrected chi connectivity index (χ3v) is 6.44. The summed E-state index contributed by atoms with van der Waals surface area (Å²) in [6.45, 7) is 4.61. The van der Waals surface area contributed by atoms with Crippen LogP contribution in [0.4, 0.5) is 0 Å². The second-order valence-corrected chi connectivity index (χ2v) is 8.53. The highest BCUT2D eigenvalue weighted by Crippen LogP contribution is 2.57. The van der Waals surface area contributed by atoms with Gasteiger partial charge in [0.25, 0.3) is 0 Å². The summed E-state index contributed by atoms with van der Waals surface area (Å²) in [5, 5.41) is 0. The standard InChI is InChI=1S/C16H29O8P/c1-10-7-13(15(21-10)9-18-3)24-25(17)20-6-5-12(23-25)16-14(19-4)8-11(2)22-16/h10-16H,5-9H2,1-4H3/t10-,11-,12+,13-,14-,15+,16+,25+/m0/s1. The molecule has 3 aliphatic heterocycles. The monoisotopic (exact) mass is 380 g/mol. The molecule has 0 radical (unpaired) electrons. The van der Waals surface area contributed by atoms with Gasteiger partial charge in [-0.15, -0.1) is 0 Å². The van der Waals surface area contributed by atoms with Gasteiger partial charge in [0.1, 0.15) is 24.4 Å². The van der Waals surface area contributed by atoms with Gasteiger partial charge in [-0.2, -0.15) is 0 Å². The molecule has 0 bridgehead atoms. The van der Waals surface area contributed by atoms with Gasteiger partial charge in [-0.25, -0.2) is 4.57 Å². The van der Waals surface area contributed by atoms with Gasteiger partial charge in [-0.1, -0.05) is 0 Å². The van der Waals surface area contributed by atoms with Gasteiger partial charge in [-0.05, 0) is 13.8 Å². The Hall–Kier alpha value is -0.0500. The molecule has 3 aliphatic rings. The van der Waals surface area contributed by atoms with Crippen LogP contribution in [0.25, 0.3) is 0 Å². The Morgan fingerprint density at radius 2 is 1.80 bits per heavy atom. The van der Waals surface area contributed by atoms with Crippen molar-refractivity contribution in [3.63, 3.8) is 0 Å². The zero-order valence-corrected chi connectivity index (χ0v) is 16.2. The van der Waals surface area contributed by atoms with Gasteiger partial charge in [0.05, 0.1) is 31.5 Å². The summed E-state index contributed by atoms with van der Waals surface area (Å²) in [5.41, 5.74) is 0. The van der Waals surface area contributed by atoms with Gasteiger partial charge in [0, 0.05) is 33.5 Å². The second-order valence-electron chi connectivity index (χ2n) is 6.95. The molecule has 3 rings (SSSR count). The van der Waals surface area contributed by atoms with Gasteiger partial charge >= 0.3 is 7.82 Å². The first-order chi connectivity index (χ1) is 11.9. The van der Waals surface area contributed by atoms with Crippen molar-refractivity contribution >= 4 is 7.82 Å². The van der Waals surface area contributed by atoms with Crippen LogP contribution in [0, 0.1) is 0 Å². The average Bonchev–Trinajstić information content (AvgIpc) is 3.10. The van der Waals surface area contributed by atoms with Gasteiger partial charge in [0.2, 0.25) is 0 Å². The van der Waals surface area contributed by atoms with Crippen LogP contribution in [0.15, 0.2) is 0 Å². The summed E-state index contributed by atoms with van der Waals surface area (Å²) in [6.07, 6.45) is 0.681. The Morgan fingerprint density at radius 1 is 1.08 bits per heavy atom. The zero-order valence-electron chi connectivity index (χ0n) is 15.3. The predicted octanol–water partition coefficient (Wildman–Crippen LogP) is 2.30. The number of rotatable bonds is 6. The van der Waals surface area contributed by atoms with Gasteiger partial charge in [0.15, 0.2) is 0 Å². The molecule has 9 heteroatoms. The Morgan fingerprint density at radius 3 is 2.52 bits per heavy atom. The van der Waals surface area contributed by atoms with E-state index in [-0.39, 0.29) is 42.7 Å². The lowest BCUT2D eigenvalue weighted by molar-refractivity contribution is -0.0987. The summed E-state index contributed by atoms with van der Waals surface area (Å²) >= 11 is 0. The molecule has 0 saturated carbocycles. The normalized spacial score (nSPS) is 48.1. The summed E-state index contributed by atoms with van der Waals surface area (Å²) < 4.78 is 52.3. The Bertz CT molecular complexity index is 489. The minimum atomic E-state index is -3.69. The molecule has 0 aromatic rings. The van der Waals surface area contributed by atoms with Crippen LogP contribution in [-0.2, 0) is 37.1 Å². The van der Waals surface area contributed by atoms with Crippen LogP contribution in [-0.4, -0.2) is 70.2 Å². The summed E-state index contributed by atoms with van der Waals surface area (Å²) in [7, 11) is -0.437. The fourth-order valence-electron chi connectivity index (χ4n) is 3.75. The first-order valence-corrected chi connectivity index (χ1v) is 10.3. The van der Waals surface area contributed by atoms with E-state index in [9.17, 15) is 4.57 Å². The van der Waals surface area contributed by atoms with Crippen molar-refractivity contribution < 1.29 is 37.1 Å². The van der Waals surface area contributed by atoms with E-state index in [2.05, 4.69) is 0 Å². The van der Waals surface area contributed by atoms with Gasteiger partial charge in [-0.3, -0.25) is 13.6 Å². The molecular weight excluding hydrogens is 351 g/mol. The molecule has 8 atom stereocenters. The van der Waals surface area contributed by atoms with Crippen LogP contribution in [0.2, 0.25) is 0 Å².